The lowest BCUT2D eigenvalue weighted by Crippen LogP contribution is -2.20. The molecule has 0 spiro atoms. The summed E-state index contributed by atoms with van der Waals surface area (Å²) < 4.78 is 11.4. The fraction of sp³-hybridized carbons (Fsp3) is 0.250. The molecule has 0 fully saturated rings. The lowest BCUT2D eigenvalue weighted by Gasteiger charge is -2.17. The fourth-order valence-corrected chi connectivity index (χ4v) is 2.69. The molecule has 1 heterocycles. The molecule has 0 aliphatic rings. The van der Waals surface area contributed by atoms with Gasteiger partial charge in [-0.1, -0.05) is 12.1 Å². The Kier molecular flexibility index (Phi) is 5.41. The topological polar surface area (TPSA) is 70.5 Å². The number of hydrogen-bond donors (Lipinski definition) is 1. The van der Waals surface area contributed by atoms with Crippen molar-refractivity contribution < 1.29 is 14.1 Å². The first kappa shape index (κ1) is 16.3. The van der Waals surface area contributed by atoms with E-state index in [1.807, 2.05) is 36.2 Å². The van der Waals surface area contributed by atoms with Gasteiger partial charge in [-0.3, -0.25) is 14.1 Å². The highest BCUT2D eigenvalue weighted by atomic mass is 32.2. The Morgan fingerprint density at radius 3 is 2.50 bits per heavy atom. The zero-order valence-corrected chi connectivity index (χ0v) is 13.3. The maximum atomic E-state index is 11.4. The minimum absolute atomic E-state index is 0.228. The van der Waals surface area contributed by atoms with E-state index in [1.54, 1.807) is 24.6 Å². The molecular weight excluding hydrogens is 300 g/mol. The van der Waals surface area contributed by atoms with Gasteiger partial charge < -0.3 is 5.11 Å². The lowest BCUT2D eigenvalue weighted by molar-refractivity contribution is 0.0694. The number of carboxylic acid groups (broad SMARTS) is 1. The maximum absolute atomic E-state index is 11.4. The molecule has 1 aromatic carbocycles. The van der Waals surface area contributed by atoms with Gasteiger partial charge in [0.05, 0.1) is 11.3 Å². The van der Waals surface area contributed by atoms with Crippen molar-refractivity contribution >= 4 is 16.8 Å². The number of pyridine rings is 1. The Morgan fingerprint density at radius 2 is 1.91 bits per heavy atom. The number of aromatic carboxylic acids is 1. The molecule has 1 N–H and O–H groups in total. The van der Waals surface area contributed by atoms with E-state index in [1.165, 1.54) is 0 Å². The molecule has 1 unspecified atom stereocenters. The Bertz CT molecular complexity index is 686. The summed E-state index contributed by atoms with van der Waals surface area (Å²) in [7, 11) is 0.930. The maximum Gasteiger partial charge on any atom is 0.337 e. The van der Waals surface area contributed by atoms with Crippen molar-refractivity contribution in [3.63, 3.8) is 0 Å². The van der Waals surface area contributed by atoms with E-state index in [0.29, 0.717) is 18.8 Å². The molecule has 0 saturated heterocycles. The molecule has 0 saturated carbocycles. The highest BCUT2D eigenvalue weighted by molar-refractivity contribution is 7.84. The van der Waals surface area contributed by atoms with Crippen LogP contribution in [0.5, 0.6) is 0 Å². The number of hydrogen-bond acceptors (Lipinski definition) is 4. The molecule has 0 bridgehead atoms. The van der Waals surface area contributed by atoms with Gasteiger partial charge >= 0.3 is 5.97 Å². The summed E-state index contributed by atoms with van der Waals surface area (Å²) in [6.07, 6.45) is 3.25. The van der Waals surface area contributed by atoms with Crippen LogP contribution in [0, 0.1) is 0 Å². The third-order valence-corrected chi connectivity index (χ3v) is 4.18. The summed E-state index contributed by atoms with van der Waals surface area (Å²) in [5.74, 6) is -0.966. The highest BCUT2D eigenvalue weighted by Crippen LogP contribution is 2.12. The molecular formula is C16H18N2O3S. The van der Waals surface area contributed by atoms with Crippen LogP contribution in [0.15, 0.2) is 47.5 Å². The van der Waals surface area contributed by atoms with E-state index in [9.17, 15) is 9.00 Å². The van der Waals surface area contributed by atoms with Gasteiger partial charge in [-0.05, 0) is 36.9 Å². The van der Waals surface area contributed by atoms with Crippen LogP contribution in [-0.2, 0) is 23.9 Å². The van der Waals surface area contributed by atoms with Crippen LogP contribution in [0.2, 0.25) is 0 Å². The van der Waals surface area contributed by atoms with E-state index >= 15 is 0 Å². The monoisotopic (exact) mass is 318 g/mol. The molecule has 1 aromatic heterocycles. The van der Waals surface area contributed by atoms with E-state index in [0.717, 1.165) is 10.5 Å². The first-order valence-corrected chi connectivity index (χ1v) is 8.31. The summed E-state index contributed by atoms with van der Waals surface area (Å²) in [4.78, 5) is 18.1. The number of benzene rings is 1. The van der Waals surface area contributed by atoms with Gasteiger partial charge in [-0.25, -0.2) is 4.79 Å². The number of rotatable bonds is 6. The van der Waals surface area contributed by atoms with Gasteiger partial charge in [0, 0.05) is 41.2 Å². The summed E-state index contributed by atoms with van der Waals surface area (Å²) >= 11 is 0. The van der Waals surface area contributed by atoms with Gasteiger partial charge in [0.15, 0.2) is 0 Å². The second-order valence-corrected chi connectivity index (χ2v) is 6.45. The molecule has 2 aromatic rings. The van der Waals surface area contributed by atoms with Crippen LogP contribution < -0.4 is 0 Å². The molecule has 5 nitrogen and oxygen atoms in total. The normalized spacial score (nSPS) is 12.3. The summed E-state index contributed by atoms with van der Waals surface area (Å²) in [6, 6.07) is 10.7. The average Bonchev–Trinajstić information content (AvgIpc) is 2.48. The van der Waals surface area contributed by atoms with Crippen molar-refractivity contribution in [3.8, 4) is 0 Å². The van der Waals surface area contributed by atoms with Crippen molar-refractivity contribution in [1.82, 2.24) is 9.88 Å². The van der Waals surface area contributed by atoms with Gasteiger partial charge in [0.2, 0.25) is 0 Å². The first-order chi connectivity index (χ1) is 10.5. The molecule has 0 radical (unpaired) electrons. The molecule has 0 aliphatic heterocycles. The van der Waals surface area contributed by atoms with E-state index in [4.69, 9.17) is 5.11 Å². The zero-order chi connectivity index (χ0) is 16.1. The largest absolute Gasteiger partial charge is 0.478 e. The predicted octanol–water partition coefficient (Wildman–Crippen LogP) is 2.15. The van der Waals surface area contributed by atoms with Crippen LogP contribution in [0.25, 0.3) is 0 Å². The van der Waals surface area contributed by atoms with Crippen LogP contribution >= 0.6 is 0 Å². The minimum Gasteiger partial charge on any atom is -0.478 e. The third kappa shape index (κ3) is 4.22. The molecule has 6 heteroatoms. The van der Waals surface area contributed by atoms with Crippen LogP contribution in [-0.4, -0.2) is 38.5 Å². The van der Waals surface area contributed by atoms with Crippen molar-refractivity contribution in [3.05, 3.63) is 59.4 Å². The lowest BCUT2D eigenvalue weighted by atomic mass is 10.1. The average molecular weight is 318 g/mol. The van der Waals surface area contributed by atoms with Gasteiger partial charge in [-0.2, -0.15) is 0 Å². The number of carbonyl (C=O) groups is 1. The smallest absolute Gasteiger partial charge is 0.337 e. The predicted molar refractivity (Wildman–Crippen MR) is 85.1 cm³/mol. The highest BCUT2D eigenvalue weighted by Gasteiger charge is 2.12. The molecule has 2 rings (SSSR count). The van der Waals surface area contributed by atoms with Gasteiger partial charge in [-0.15, -0.1) is 0 Å². The van der Waals surface area contributed by atoms with Crippen molar-refractivity contribution in [2.24, 2.45) is 0 Å². The summed E-state index contributed by atoms with van der Waals surface area (Å²) in [6.45, 7) is 1.11. The van der Waals surface area contributed by atoms with Gasteiger partial charge in [0.25, 0.3) is 0 Å². The molecule has 116 valence electrons. The van der Waals surface area contributed by atoms with Crippen LogP contribution in [0.4, 0.5) is 0 Å². The Balaban J connectivity index is 2.05. The van der Waals surface area contributed by atoms with Crippen molar-refractivity contribution in [1.29, 1.82) is 0 Å². The van der Waals surface area contributed by atoms with Crippen molar-refractivity contribution in [2.75, 3.05) is 13.3 Å². The Labute approximate surface area is 132 Å². The SMILES string of the molecule is CN(Cc1ccc(S(C)=O)cc1)Cc1ncccc1C(=O)O. The van der Waals surface area contributed by atoms with Crippen LogP contribution in [0.3, 0.4) is 0 Å². The molecule has 22 heavy (non-hydrogen) atoms. The molecule has 1 atom stereocenters. The quantitative estimate of drug-likeness (QED) is 0.883. The second-order valence-electron chi connectivity index (χ2n) is 5.07. The summed E-state index contributed by atoms with van der Waals surface area (Å²) in [5.41, 5.74) is 1.85. The minimum atomic E-state index is -0.979. The van der Waals surface area contributed by atoms with E-state index in [-0.39, 0.29) is 5.56 Å². The Morgan fingerprint density at radius 1 is 1.23 bits per heavy atom. The Hall–Kier alpha value is -2.05. The van der Waals surface area contributed by atoms with Crippen LogP contribution in [0.1, 0.15) is 21.6 Å². The first-order valence-electron chi connectivity index (χ1n) is 6.75. The van der Waals surface area contributed by atoms with E-state index in [2.05, 4.69) is 4.98 Å². The molecule has 0 amide bonds. The van der Waals surface area contributed by atoms with Crippen molar-refractivity contribution in [2.45, 2.75) is 18.0 Å². The third-order valence-electron chi connectivity index (χ3n) is 3.25. The number of carboxylic acids is 1. The van der Waals surface area contributed by atoms with Gasteiger partial charge in [0.1, 0.15) is 0 Å². The number of aromatic nitrogens is 1. The second kappa shape index (κ2) is 7.29. The summed E-state index contributed by atoms with van der Waals surface area (Å²) in [5, 5.41) is 9.16. The molecule has 0 aliphatic carbocycles. The number of nitrogens with zero attached hydrogens (tertiary/aromatic N) is 2. The van der Waals surface area contributed by atoms with E-state index < -0.39 is 16.8 Å². The fourth-order valence-electron chi connectivity index (χ4n) is 2.17. The standard InChI is InChI=1S/C16H18N2O3S/c1-18(10-12-5-7-13(8-6-12)22(2)21)11-15-14(16(19)20)4-3-9-17-15/h3-9H,10-11H2,1-2H3,(H,19,20). The zero-order valence-electron chi connectivity index (χ0n) is 12.5.